The Morgan fingerprint density at radius 2 is 2.13 bits per heavy atom. The maximum atomic E-state index is 9.24. The summed E-state index contributed by atoms with van der Waals surface area (Å²) in [5, 5.41) is 10.7. The van der Waals surface area contributed by atoms with Gasteiger partial charge in [0.1, 0.15) is 0 Å². The highest BCUT2D eigenvalue weighted by Gasteiger charge is 2.20. The van der Waals surface area contributed by atoms with Gasteiger partial charge in [0.05, 0.1) is 0 Å². The Kier molecular flexibility index (Phi) is 4.06. The maximum Gasteiger partial charge on any atom is 0.0274 e. The molecule has 1 aliphatic heterocycles. The maximum absolute atomic E-state index is 9.24. The lowest BCUT2D eigenvalue weighted by atomic mass is 10.2. The monoisotopic (exact) mass is 223 g/mol. The predicted octanol–water partition coefficient (Wildman–Crippen LogP) is 2.63. The number of hydrogen-bond donors (Lipinski definition) is 1. The van der Waals surface area contributed by atoms with Crippen molar-refractivity contribution in [1.29, 1.82) is 0 Å². The zero-order valence-corrected chi connectivity index (χ0v) is 9.62. The molecule has 82 valence electrons. The Bertz CT molecular complexity index is 291. The van der Waals surface area contributed by atoms with Gasteiger partial charge in [-0.15, -0.1) is 0 Å². The number of hydrogen-bond acceptors (Lipinski definition) is 3. The van der Waals surface area contributed by atoms with E-state index in [0.29, 0.717) is 5.92 Å². The number of hydroxylamine groups is 2. The molecule has 0 bridgehead atoms. The highest BCUT2D eigenvalue weighted by Crippen LogP contribution is 2.21. The molecule has 1 aliphatic rings. The van der Waals surface area contributed by atoms with E-state index in [1.54, 1.807) is 0 Å². The summed E-state index contributed by atoms with van der Waals surface area (Å²) in [6, 6.07) is 10.6. The second-order valence-corrected chi connectivity index (χ2v) is 5.10. The molecule has 0 saturated carbocycles. The average molecular weight is 223 g/mol. The van der Waals surface area contributed by atoms with Crippen LogP contribution >= 0.6 is 11.8 Å². The normalized spacial score (nSPS) is 22.1. The molecule has 1 aromatic rings. The lowest BCUT2D eigenvalue weighted by Crippen LogP contribution is -2.15. The first-order valence-electron chi connectivity index (χ1n) is 5.40. The molecule has 0 spiro atoms. The molecular weight excluding hydrogens is 206 g/mol. The first kappa shape index (κ1) is 11.0. The second kappa shape index (κ2) is 5.54. The van der Waals surface area contributed by atoms with E-state index < -0.39 is 0 Å². The van der Waals surface area contributed by atoms with Gasteiger partial charge in [-0.1, -0.05) is 30.3 Å². The molecule has 1 unspecified atom stereocenters. The number of nitrogens with zero attached hydrogens (tertiary/aromatic N) is 1. The van der Waals surface area contributed by atoms with Crippen LogP contribution in [0.4, 0.5) is 0 Å². The third kappa shape index (κ3) is 3.52. The van der Waals surface area contributed by atoms with Crippen molar-refractivity contribution in [1.82, 2.24) is 5.06 Å². The van der Waals surface area contributed by atoms with Gasteiger partial charge in [-0.05, 0) is 23.7 Å². The summed E-state index contributed by atoms with van der Waals surface area (Å²) in [4.78, 5) is 0. The standard InChI is InChI=1S/C12H17NOS/c14-13-7-6-12(8-13)10-15-9-11-4-2-1-3-5-11/h1-5,12,14H,6-10H2. The van der Waals surface area contributed by atoms with Crippen LogP contribution in [0, 0.1) is 5.92 Å². The molecule has 3 heteroatoms. The molecule has 15 heavy (non-hydrogen) atoms. The zero-order valence-electron chi connectivity index (χ0n) is 8.80. The first-order chi connectivity index (χ1) is 7.34. The largest absolute Gasteiger partial charge is 0.314 e. The summed E-state index contributed by atoms with van der Waals surface area (Å²) in [5.74, 6) is 2.91. The fourth-order valence-electron chi connectivity index (χ4n) is 1.87. The van der Waals surface area contributed by atoms with E-state index in [4.69, 9.17) is 0 Å². The summed E-state index contributed by atoms with van der Waals surface area (Å²) in [6.07, 6.45) is 1.14. The topological polar surface area (TPSA) is 23.5 Å². The van der Waals surface area contributed by atoms with Gasteiger partial charge in [-0.3, -0.25) is 0 Å². The summed E-state index contributed by atoms with van der Waals surface area (Å²) >= 11 is 1.97. The van der Waals surface area contributed by atoms with E-state index in [1.807, 2.05) is 11.8 Å². The van der Waals surface area contributed by atoms with Crippen molar-refractivity contribution in [3.8, 4) is 0 Å². The zero-order chi connectivity index (χ0) is 10.5. The molecule has 1 atom stereocenters. The summed E-state index contributed by atoms with van der Waals surface area (Å²) in [7, 11) is 0. The Labute approximate surface area is 95.2 Å². The van der Waals surface area contributed by atoms with Gasteiger partial charge in [0.25, 0.3) is 0 Å². The van der Waals surface area contributed by atoms with E-state index in [0.717, 1.165) is 31.0 Å². The van der Waals surface area contributed by atoms with E-state index in [2.05, 4.69) is 30.3 Å². The SMILES string of the molecule is ON1CCC(CSCc2ccccc2)C1. The van der Waals surface area contributed by atoms with Crippen LogP contribution in [0.5, 0.6) is 0 Å². The molecule has 2 rings (SSSR count). The summed E-state index contributed by atoms with van der Waals surface area (Å²) in [5.41, 5.74) is 1.39. The third-order valence-electron chi connectivity index (χ3n) is 2.73. The fourth-order valence-corrected chi connectivity index (χ4v) is 3.02. The minimum absolute atomic E-state index is 0.670. The Morgan fingerprint density at radius 1 is 1.33 bits per heavy atom. The van der Waals surface area contributed by atoms with E-state index in [-0.39, 0.29) is 0 Å². The van der Waals surface area contributed by atoms with E-state index in [9.17, 15) is 5.21 Å². The van der Waals surface area contributed by atoms with Crippen LogP contribution in [0.2, 0.25) is 0 Å². The Morgan fingerprint density at radius 3 is 2.80 bits per heavy atom. The number of thioether (sulfide) groups is 1. The molecule has 1 fully saturated rings. The molecule has 2 nitrogen and oxygen atoms in total. The third-order valence-corrected chi connectivity index (χ3v) is 3.97. The Hall–Kier alpha value is -0.510. The van der Waals surface area contributed by atoms with Crippen LogP contribution in [-0.4, -0.2) is 29.1 Å². The van der Waals surface area contributed by atoms with Gasteiger partial charge in [0, 0.05) is 18.8 Å². The quantitative estimate of drug-likeness (QED) is 0.849. The Balaban J connectivity index is 1.67. The predicted molar refractivity (Wildman–Crippen MR) is 64.1 cm³/mol. The lowest BCUT2D eigenvalue weighted by molar-refractivity contribution is -0.0706. The van der Waals surface area contributed by atoms with Crippen LogP contribution in [0.3, 0.4) is 0 Å². The molecule has 0 aromatic heterocycles. The van der Waals surface area contributed by atoms with Crippen molar-refractivity contribution >= 4 is 11.8 Å². The van der Waals surface area contributed by atoms with Gasteiger partial charge >= 0.3 is 0 Å². The van der Waals surface area contributed by atoms with Crippen molar-refractivity contribution < 1.29 is 5.21 Å². The van der Waals surface area contributed by atoms with Gasteiger partial charge in [-0.25, -0.2) is 0 Å². The minimum atomic E-state index is 0.670. The lowest BCUT2D eigenvalue weighted by Gasteiger charge is -2.08. The fraction of sp³-hybridized carbons (Fsp3) is 0.500. The average Bonchev–Trinajstić information content (AvgIpc) is 2.66. The molecule has 0 aliphatic carbocycles. The summed E-state index contributed by atoms with van der Waals surface area (Å²) in [6.45, 7) is 1.69. The van der Waals surface area contributed by atoms with Crippen LogP contribution in [0.1, 0.15) is 12.0 Å². The molecule has 1 aromatic carbocycles. The van der Waals surface area contributed by atoms with Gasteiger partial charge in [0.15, 0.2) is 0 Å². The number of benzene rings is 1. The molecular formula is C12H17NOS. The minimum Gasteiger partial charge on any atom is -0.314 e. The second-order valence-electron chi connectivity index (χ2n) is 4.07. The molecule has 1 saturated heterocycles. The van der Waals surface area contributed by atoms with Crippen molar-refractivity contribution in [2.24, 2.45) is 5.92 Å². The van der Waals surface area contributed by atoms with Gasteiger partial charge < -0.3 is 5.21 Å². The smallest absolute Gasteiger partial charge is 0.0274 e. The first-order valence-corrected chi connectivity index (χ1v) is 6.55. The van der Waals surface area contributed by atoms with Crippen LogP contribution in [-0.2, 0) is 5.75 Å². The molecule has 1 N–H and O–H groups in total. The number of rotatable bonds is 4. The van der Waals surface area contributed by atoms with Crippen molar-refractivity contribution in [2.45, 2.75) is 12.2 Å². The van der Waals surface area contributed by atoms with E-state index >= 15 is 0 Å². The van der Waals surface area contributed by atoms with Crippen LogP contribution in [0.15, 0.2) is 30.3 Å². The van der Waals surface area contributed by atoms with Gasteiger partial charge in [-0.2, -0.15) is 16.8 Å². The highest BCUT2D eigenvalue weighted by atomic mass is 32.2. The van der Waals surface area contributed by atoms with E-state index in [1.165, 1.54) is 10.6 Å². The highest BCUT2D eigenvalue weighted by molar-refractivity contribution is 7.98. The van der Waals surface area contributed by atoms with Crippen molar-refractivity contribution in [3.63, 3.8) is 0 Å². The van der Waals surface area contributed by atoms with Gasteiger partial charge in [0.2, 0.25) is 0 Å². The van der Waals surface area contributed by atoms with Crippen LogP contribution in [0.25, 0.3) is 0 Å². The van der Waals surface area contributed by atoms with Crippen molar-refractivity contribution in [2.75, 3.05) is 18.8 Å². The summed E-state index contributed by atoms with van der Waals surface area (Å²) < 4.78 is 0. The van der Waals surface area contributed by atoms with Crippen molar-refractivity contribution in [3.05, 3.63) is 35.9 Å². The molecule has 0 radical (unpaired) electrons. The van der Waals surface area contributed by atoms with Crippen LogP contribution < -0.4 is 0 Å². The molecule has 0 amide bonds. The molecule has 1 heterocycles.